The number of aliphatic carboxylic acids is 1. The Morgan fingerprint density at radius 1 is 1.63 bits per heavy atom. The Hall–Kier alpha value is -2.01. The fraction of sp³-hybridized carbons (Fsp3) is 0.455. The highest BCUT2D eigenvalue weighted by molar-refractivity contribution is 8.00. The third-order valence-corrected chi connectivity index (χ3v) is 4.14. The van der Waals surface area contributed by atoms with Gasteiger partial charge in [-0.1, -0.05) is 0 Å². The third kappa shape index (κ3) is 2.17. The van der Waals surface area contributed by atoms with E-state index in [-0.39, 0.29) is 12.3 Å². The molecule has 0 aromatic heterocycles. The van der Waals surface area contributed by atoms with Crippen molar-refractivity contribution in [2.45, 2.75) is 18.3 Å². The molecule has 19 heavy (non-hydrogen) atoms. The highest BCUT2D eigenvalue weighted by Crippen LogP contribution is 2.41. The van der Waals surface area contributed by atoms with Gasteiger partial charge in [-0.15, -0.1) is 11.8 Å². The van der Waals surface area contributed by atoms with Crippen molar-refractivity contribution in [3.63, 3.8) is 0 Å². The van der Waals surface area contributed by atoms with Crippen LogP contribution in [0.25, 0.3) is 4.85 Å². The van der Waals surface area contributed by atoms with Crippen LogP contribution in [0.15, 0.2) is 11.3 Å². The van der Waals surface area contributed by atoms with Gasteiger partial charge in [0.25, 0.3) is 0 Å². The van der Waals surface area contributed by atoms with E-state index in [9.17, 15) is 19.5 Å². The van der Waals surface area contributed by atoms with Crippen LogP contribution in [0.1, 0.15) is 6.92 Å². The number of amides is 1. The monoisotopic (exact) mass is 282 g/mol. The molecule has 1 amide bonds. The predicted molar refractivity (Wildman–Crippen MR) is 64.8 cm³/mol. The number of rotatable bonds is 3. The van der Waals surface area contributed by atoms with Crippen LogP contribution >= 0.6 is 11.8 Å². The second-order valence-electron chi connectivity index (χ2n) is 4.02. The van der Waals surface area contributed by atoms with Crippen molar-refractivity contribution in [1.82, 2.24) is 4.90 Å². The number of ether oxygens (including phenoxy) is 1. The molecule has 1 saturated heterocycles. The maximum absolute atomic E-state index is 11.7. The summed E-state index contributed by atoms with van der Waals surface area (Å²) in [6.07, 6.45) is 0. The van der Waals surface area contributed by atoms with Crippen molar-refractivity contribution < 1.29 is 24.2 Å². The Bertz CT molecular complexity index is 536. The van der Waals surface area contributed by atoms with E-state index in [4.69, 9.17) is 11.3 Å². The number of hydrogen-bond donors (Lipinski definition) is 1. The zero-order valence-electron chi connectivity index (χ0n) is 9.95. The quantitative estimate of drug-likeness (QED) is 0.448. The number of thioether (sulfide) groups is 1. The number of nitrogens with zero attached hydrogens (tertiary/aromatic N) is 2. The molecule has 2 rings (SSSR count). The van der Waals surface area contributed by atoms with E-state index in [1.807, 2.05) is 0 Å². The van der Waals surface area contributed by atoms with E-state index in [0.29, 0.717) is 11.3 Å². The van der Waals surface area contributed by atoms with Gasteiger partial charge in [0, 0.05) is 18.2 Å². The highest BCUT2D eigenvalue weighted by Gasteiger charge is 2.58. The molecule has 0 spiro atoms. The lowest BCUT2D eigenvalue weighted by Crippen LogP contribution is -2.63. The maximum atomic E-state index is 11.7. The Morgan fingerprint density at radius 2 is 2.32 bits per heavy atom. The van der Waals surface area contributed by atoms with Crippen molar-refractivity contribution in [3.8, 4) is 0 Å². The number of esters is 1. The Kier molecular flexibility index (Phi) is 3.48. The number of carboxylic acid groups (broad SMARTS) is 1. The van der Waals surface area contributed by atoms with Crippen LogP contribution in [-0.4, -0.2) is 51.6 Å². The molecule has 1 fully saturated rings. The van der Waals surface area contributed by atoms with Crippen molar-refractivity contribution in [2.75, 3.05) is 12.4 Å². The lowest BCUT2D eigenvalue weighted by molar-refractivity contribution is -0.147. The van der Waals surface area contributed by atoms with E-state index in [1.54, 1.807) is 0 Å². The first-order chi connectivity index (χ1) is 8.97. The van der Waals surface area contributed by atoms with Crippen molar-refractivity contribution in [1.29, 1.82) is 0 Å². The first kappa shape index (κ1) is 13.4. The van der Waals surface area contributed by atoms with E-state index < -0.39 is 29.3 Å². The average molecular weight is 282 g/mol. The Morgan fingerprint density at radius 3 is 2.84 bits per heavy atom. The second kappa shape index (κ2) is 4.93. The predicted octanol–water partition coefficient (Wildman–Crippen LogP) is 0.0912. The molecule has 8 heteroatoms. The van der Waals surface area contributed by atoms with Gasteiger partial charge in [-0.2, -0.15) is 0 Å². The zero-order valence-corrected chi connectivity index (χ0v) is 10.8. The van der Waals surface area contributed by atoms with E-state index in [2.05, 4.69) is 4.85 Å². The Labute approximate surface area is 113 Å². The van der Waals surface area contributed by atoms with Gasteiger partial charge in [0.05, 0.1) is 0 Å². The lowest BCUT2D eigenvalue weighted by atomic mass is 10.0. The van der Waals surface area contributed by atoms with Crippen LogP contribution in [-0.2, 0) is 19.1 Å². The van der Waals surface area contributed by atoms with Gasteiger partial charge in [-0.3, -0.25) is 19.3 Å². The highest BCUT2D eigenvalue weighted by atomic mass is 32.2. The summed E-state index contributed by atoms with van der Waals surface area (Å²) in [5.74, 6) is -1.94. The molecule has 2 aliphatic rings. The van der Waals surface area contributed by atoms with E-state index >= 15 is 0 Å². The largest absolute Gasteiger partial charge is 0.477 e. The normalized spacial score (nSPS) is 25.3. The summed E-state index contributed by atoms with van der Waals surface area (Å²) in [6, 6.07) is -0.811. The van der Waals surface area contributed by atoms with E-state index in [0.717, 1.165) is 4.90 Å². The van der Waals surface area contributed by atoms with Crippen molar-refractivity contribution in [2.24, 2.45) is 0 Å². The standard InChI is InChI=1S/C11H10N2O5S/c1-5(14)18-3-6-4-19-10-7(12-2)9(15)13(10)8(6)11(16)17/h7,10H,3-4H2,1H3,(H,16,17)/t7-,10-/m1/s1. The minimum absolute atomic E-state index is 0.150. The molecule has 0 radical (unpaired) electrons. The molecule has 0 aromatic rings. The van der Waals surface area contributed by atoms with Crippen LogP contribution in [0.5, 0.6) is 0 Å². The van der Waals surface area contributed by atoms with Crippen LogP contribution in [0.4, 0.5) is 0 Å². The molecule has 0 bridgehead atoms. The van der Waals surface area contributed by atoms with Gasteiger partial charge in [-0.25, -0.2) is 11.4 Å². The minimum atomic E-state index is -1.25. The van der Waals surface area contributed by atoms with Crippen molar-refractivity contribution >= 4 is 29.6 Å². The number of carboxylic acids is 1. The van der Waals surface area contributed by atoms with Crippen molar-refractivity contribution in [3.05, 3.63) is 22.7 Å². The lowest BCUT2D eigenvalue weighted by Gasteiger charge is -2.43. The minimum Gasteiger partial charge on any atom is -0.477 e. The van der Waals surface area contributed by atoms with Crippen LogP contribution in [0.3, 0.4) is 0 Å². The topological polar surface area (TPSA) is 88.3 Å². The molecule has 100 valence electrons. The van der Waals surface area contributed by atoms with Gasteiger partial charge < -0.3 is 9.84 Å². The van der Waals surface area contributed by atoms with Gasteiger partial charge in [0.15, 0.2) is 5.37 Å². The molecule has 2 heterocycles. The average Bonchev–Trinajstić information content (AvgIpc) is 2.35. The third-order valence-electron chi connectivity index (χ3n) is 2.81. The van der Waals surface area contributed by atoms with Gasteiger partial charge in [-0.05, 0) is 0 Å². The van der Waals surface area contributed by atoms with E-state index in [1.165, 1.54) is 18.7 Å². The molecule has 2 atom stereocenters. The van der Waals surface area contributed by atoms with Crippen LogP contribution in [0, 0.1) is 6.57 Å². The summed E-state index contributed by atoms with van der Waals surface area (Å²) in [7, 11) is 0. The maximum Gasteiger partial charge on any atom is 0.352 e. The molecule has 0 aromatic carbocycles. The van der Waals surface area contributed by atoms with Gasteiger partial charge in [0.1, 0.15) is 12.3 Å². The first-order valence-corrected chi connectivity index (χ1v) is 6.42. The summed E-state index contributed by atoms with van der Waals surface area (Å²) in [4.78, 5) is 38.0. The number of carbonyl (C=O) groups excluding carboxylic acids is 2. The summed E-state index contributed by atoms with van der Waals surface area (Å²) < 4.78 is 4.79. The summed E-state index contributed by atoms with van der Waals surface area (Å²) in [6.45, 7) is 7.98. The van der Waals surface area contributed by atoms with Crippen LogP contribution < -0.4 is 0 Å². The van der Waals surface area contributed by atoms with Gasteiger partial charge in [0.2, 0.25) is 0 Å². The van der Waals surface area contributed by atoms with Crippen LogP contribution in [0.2, 0.25) is 0 Å². The first-order valence-electron chi connectivity index (χ1n) is 5.37. The molecule has 0 unspecified atom stereocenters. The SMILES string of the molecule is [C-]#[N+][C@@H]1C(=O)N2C(C(=O)O)=C(COC(C)=O)CS[C@H]12. The molecule has 2 aliphatic heterocycles. The smallest absolute Gasteiger partial charge is 0.352 e. The fourth-order valence-corrected chi connectivity index (χ4v) is 3.26. The number of β-lactam (4-membered cyclic amide) rings is 1. The summed E-state index contributed by atoms with van der Waals surface area (Å²) >= 11 is 1.31. The molecule has 0 saturated carbocycles. The number of fused-ring (bicyclic) bond motifs is 1. The second-order valence-corrected chi connectivity index (χ2v) is 5.13. The molecular formula is C11H10N2O5S. The fourth-order valence-electron chi connectivity index (χ4n) is 1.95. The molecule has 0 aliphatic carbocycles. The summed E-state index contributed by atoms with van der Waals surface area (Å²) in [5, 5.41) is 8.75. The zero-order chi connectivity index (χ0) is 14.2. The Balaban J connectivity index is 2.28. The number of carbonyl (C=O) groups is 3. The molecule has 7 nitrogen and oxygen atoms in total. The number of hydrogen-bond acceptors (Lipinski definition) is 5. The van der Waals surface area contributed by atoms with Gasteiger partial charge >= 0.3 is 23.9 Å². The molecule has 1 N–H and O–H groups in total. The molecular weight excluding hydrogens is 272 g/mol. The summed E-state index contributed by atoms with van der Waals surface area (Å²) in [5.41, 5.74) is 0.218.